The minimum atomic E-state index is -0.796. The van der Waals surface area contributed by atoms with Gasteiger partial charge in [-0.15, -0.1) is 0 Å². The van der Waals surface area contributed by atoms with Crippen LogP contribution in [0.4, 0.5) is 5.69 Å². The molecule has 0 unspecified atom stereocenters. The molecule has 2 aromatic rings. The number of anilines is 1. The summed E-state index contributed by atoms with van der Waals surface area (Å²) in [6.07, 6.45) is 0.630. The number of benzene rings is 2. The monoisotopic (exact) mass is 345 g/mol. The third kappa shape index (κ3) is 5.04. The van der Waals surface area contributed by atoms with Crippen molar-refractivity contribution in [1.29, 1.82) is 0 Å². The highest BCUT2D eigenvalue weighted by atomic mass is 16.5. The van der Waals surface area contributed by atoms with Crippen LogP contribution in [0.3, 0.4) is 0 Å². The summed E-state index contributed by atoms with van der Waals surface area (Å²) in [5, 5.41) is 12.1. The Bertz CT molecular complexity index is 704. The summed E-state index contributed by atoms with van der Waals surface area (Å²) in [6, 6.07) is 11.5. The van der Waals surface area contributed by atoms with E-state index < -0.39 is 5.97 Å². The number of carboxylic acid groups (broad SMARTS) is 1. The molecule has 0 heterocycles. The molecule has 0 aromatic heterocycles. The molecular formula is C19H23NO5. The number of aryl methyl sites for hydroxylation is 1. The van der Waals surface area contributed by atoms with E-state index in [0.717, 1.165) is 16.8 Å². The Labute approximate surface area is 147 Å². The fourth-order valence-electron chi connectivity index (χ4n) is 2.53. The highest BCUT2D eigenvalue weighted by Crippen LogP contribution is 2.38. The minimum Gasteiger partial charge on any atom is -0.493 e. The molecule has 134 valence electrons. The van der Waals surface area contributed by atoms with Gasteiger partial charge < -0.3 is 24.6 Å². The summed E-state index contributed by atoms with van der Waals surface area (Å²) >= 11 is 0. The molecule has 25 heavy (non-hydrogen) atoms. The molecule has 0 spiro atoms. The van der Waals surface area contributed by atoms with E-state index in [1.807, 2.05) is 36.4 Å². The SMILES string of the molecule is COc1cc(CNc2cccc(CCC(=O)O)c2)cc(OC)c1OC. The Hall–Kier alpha value is -2.89. The van der Waals surface area contributed by atoms with Crippen molar-refractivity contribution in [3.8, 4) is 17.2 Å². The van der Waals surface area contributed by atoms with Crippen LogP contribution in [-0.4, -0.2) is 32.4 Å². The minimum absolute atomic E-state index is 0.121. The maximum Gasteiger partial charge on any atom is 0.303 e. The lowest BCUT2D eigenvalue weighted by Crippen LogP contribution is -2.03. The topological polar surface area (TPSA) is 77.0 Å². The summed E-state index contributed by atoms with van der Waals surface area (Å²) in [7, 11) is 4.74. The second-order valence-corrected chi connectivity index (χ2v) is 5.48. The lowest BCUT2D eigenvalue weighted by molar-refractivity contribution is -0.136. The van der Waals surface area contributed by atoms with E-state index in [1.165, 1.54) is 0 Å². The third-order valence-electron chi connectivity index (χ3n) is 3.78. The molecule has 0 radical (unpaired) electrons. The van der Waals surface area contributed by atoms with Crippen LogP contribution >= 0.6 is 0 Å². The molecule has 0 atom stereocenters. The molecule has 0 bridgehead atoms. The van der Waals surface area contributed by atoms with Crippen LogP contribution in [0.5, 0.6) is 17.2 Å². The largest absolute Gasteiger partial charge is 0.493 e. The smallest absolute Gasteiger partial charge is 0.303 e. The highest BCUT2D eigenvalue weighted by molar-refractivity contribution is 5.67. The number of carboxylic acids is 1. The summed E-state index contributed by atoms with van der Waals surface area (Å²) < 4.78 is 16.0. The maximum atomic E-state index is 10.7. The van der Waals surface area contributed by atoms with Gasteiger partial charge in [-0.1, -0.05) is 12.1 Å². The Morgan fingerprint density at radius 1 is 1.00 bits per heavy atom. The standard InChI is InChI=1S/C19H23NO5/c1-23-16-10-14(11-17(24-2)19(16)25-3)12-20-15-6-4-5-13(9-15)7-8-18(21)22/h4-6,9-11,20H,7-8,12H2,1-3H3,(H,21,22). The Morgan fingerprint density at radius 3 is 2.24 bits per heavy atom. The van der Waals surface area contributed by atoms with Gasteiger partial charge >= 0.3 is 5.97 Å². The van der Waals surface area contributed by atoms with Gasteiger partial charge in [-0.2, -0.15) is 0 Å². The fourth-order valence-corrected chi connectivity index (χ4v) is 2.53. The van der Waals surface area contributed by atoms with Crippen molar-refractivity contribution < 1.29 is 24.1 Å². The van der Waals surface area contributed by atoms with Gasteiger partial charge in [-0.25, -0.2) is 0 Å². The number of carbonyl (C=O) groups is 1. The number of nitrogens with one attached hydrogen (secondary N) is 1. The highest BCUT2D eigenvalue weighted by Gasteiger charge is 2.13. The molecule has 0 aliphatic carbocycles. The van der Waals surface area contributed by atoms with E-state index in [1.54, 1.807) is 21.3 Å². The molecule has 2 N–H and O–H groups in total. The first kappa shape index (κ1) is 18.4. The maximum absolute atomic E-state index is 10.7. The first-order valence-electron chi connectivity index (χ1n) is 7.91. The second-order valence-electron chi connectivity index (χ2n) is 5.48. The van der Waals surface area contributed by atoms with Gasteiger partial charge in [0, 0.05) is 18.7 Å². The zero-order valence-corrected chi connectivity index (χ0v) is 14.7. The Morgan fingerprint density at radius 2 is 1.68 bits per heavy atom. The number of rotatable bonds is 9. The van der Waals surface area contributed by atoms with Crippen LogP contribution in [-0.2, 0) is 17.8 Å². The quantitative estimate of drug-likeness (QED) is 0.726. The van der Waals surface area contributed by atoms with Crippen LogP contribution in [0, 0.1) is 0 Å². The number of aliphatic carboxylic acids is 1. The molecule has 2 aromatic carbocycles. The van der Waals surface area contributed by atoms with Crippen LogP contribution in [0.1, 0.15) is 17.5 Å². The molecule has 2 rings (SSSR count). The van der Waals surface area contributed by atoms with Crippen molar-refractivity contribution >= 4 is 11.7 Å². The molecule has 6 nitrogen and oxygen atoms in total. The fraction of sp³-hybridized carbons (Fsp3) is 0.316. The number of ether oxygens (including phenoxy) is 3. The average Bonchev–Trinajstić information content (AvgIpc) is 2.64. The van der Waals surface area contributed by atoms with Crippen LogP contribution in [0.15, 0.2) is 36.4 Å². The predicted octanol–water partition coefficient (Wildman–Crippen LogP) is 3.34. The summed E-state index contributed by atoms with van der Waals surface area (Å²) in [4.78, 5) is 10.7. The van der Waals surface area contributed by atoms with Gasteiger partial charge in [-0.05, 0) is 41.8 Å². The average molecular weight is 345 g/mol. The lowest BCUT2D eigenvalue weighted by atomic mass is 10.1. The van der Waals surface area contributed by atoms with E-state index in [4.69, 9.17) is 19.3 Å². The third-order valence-corrected chi connectivity index (χ3v) is 3.78. The second kappa shape index (κ2) is 8.82. The van der Waals surface area contributed by atoms with E-state index in [2.05, 4.69) is 5.32 Å². The van der Waals surface area contributed by atoms with Crippen molar-refractivity contribution in [1.82, 2.24) is 0 Å². The van der Waals surface area contributed by atoms with Crippen LogP contribution in [0.25, 0.3) is 0 Å². The Balaban J connectivity index is 2.10. The van der Waals surface area contributed by atoms with Gasteiger partial charge in [0.15, 0.2) is 11.5 Å². The molecule has 0 amide bonds. The molecule has 0 saturated heterocycles. The Kier molecular flexibility index (Phi) is 6.51. The number of hydrogen-bond acceptors (Lipinski definition) is 5. The summed E-state index contributed by atoms with van der Waals surface area (Å²) in [5.74, 6) is 0.975. The van der Waals surface area contributed by atoms with Crippen molar-refractivity contribution in [2.45, 2.75) is 19.4 Å². The van der Waals surface area contributed by atoms with Gasteiger partial charge in [0.2, 0.25) is 5.75 Å². The van der Waals surface area contributed by atoms with Gasteiger partial charge in [0.1, 0.15) is 0 Å². The lowest BCUT2D eigenvalue weighted by Gasteiger charge is -2.15. The summed E-state index contributed by atoms with van der Waals surface area (Å²) in [5.41, 5.74) is 2.89. The van der Waals surface area contributed by atoms with E-state index in [0.29, 0.717) is 30.2 Å². The molecule has 0 saturated carbocycles. The molecule has 6 heteroatoms. The van der Waals surface area contributed by atoms with E-state index in [9.17, 15) is 4.79 Å². The molecule has 0 aliphatic rings. The molecule has 0 fully saturated rings. The number of methoxy groups -OCH3 is 3. The van der Waals surface area contributed by atoms with Crippen LogP contribution < -0.4 is 19.5 Å². The normalized spacial score (nSPS) is 10.2. The zero-order valence-electron chi connectivity index (χ0n) is 14.7. The van der Waals surface area contributed by atoms with Crippen molar-refractivity contribution in [2.24, 2.45) is 0 Å². The number of hydrogen-bond donors (Lipinski definition) is 2. The van der Waals surface area contributed by atoms with Crippen LogP contribution in [0.2, 0.25) is 0 Å². The first-order valence-corrected chi connectivity index (χ1v) is 7.91. The van der Waals surface area contributed by atoms with Crippen molar-refractivity contribution in [3.63, 3.8) is 0 Å². The molecule has 0 aliphatic heterocycles. The van der Waals surface area contributed by atoms with Crippen molar-refractivity contribution in [3.05, 3.63) is 47.5 Å². The van der Waals surface area contributed by atoms with Gasteiger partial charge in [-0.3, -0.25) is 4.79 Å². The van der Waals surface area contributed by atoms with Gasteiger partial charge in [0.05, 0.1) is 21.3 Å². The van der Waals surface area contributed by atoms with E-state index >= 15 is 0 Å². The summed E-state index contributed by atoms with van der Waals surface area (Å²) in [6.45, 7) is 0.569. The van der Waals surface area contributed by atoms with E-state index in [-0.39, 0.29) is 6.42 Å². The van der Waals surface area contributed by atoms with Crippen molar-refractivity contribution in [2.75, 3.05) is 26.6 Å². The predicted molar refractivity (Wildman–Crippen MR) is 95.8 cm³/mol. The zero-order chi connectivity index (χ0) is 18.2. The molecular weight excluding hydrogens is 322 g/mol. The first-order chi connectivity index (χ1) is 12.1. The van der Waals surface area contributed by atoms with Gasteiger partial charge in [0.25, 0.3) is 0 Å².